The third kappa shape index (κ3) is 3.03. The van der Waals surface area contributed by atoms with Crippen molar-refractivity contribution in [3.63, 3.8) is 0 Å². The molecular formula is C14H15BrN2O6. The molecule has 9 heteroatoms. The first kappa shape index (κ1) is 16.5. The van der Waals surface area contributed by atoms with Gasteiger partial charge in [0.15, 0.2) is 6.10 Å². The van der Waals surface area contributed by atoms with E-state index in [2.05, 4.69) is 26.1 Å². The van der Waals surface area contributed by atoms with Gasteiger partial charge in [-0.1, -0.05) is 33.2 Å². The van der Waals surface area contributed by atoms with Crippen molar-refractivity contribution >= 4 is 15.9 Å². The van der Waals surface area contributed by atoms with Gasteiger partial charge in [-0.2, -0.15) is 4.98 Å². The molecule has 0 amide bonds. The van der Waals surface area contributed by atoms with E-state index in [0.29, 0.717) is 5.56 Å². The normalized spacial score (nSPS) is 31.3. The molecular weight excluding hydrogens is 372 g/mol. The van der Waals surface area contributed by atoms with E-state index in [-0.39, 0.29) is 11.7 Å². The maximum atomic E-state index is 10.1. The molecule has 124 valence electrons. The fourth-order valence-corrected chi connectivity index (χ4v) is 2.87. The molecule has 1 aliphatic heterocycles. The van der Waals surface area contributed by atoms with Crippen LogP contribution < -0.4 is 0 Å². The molecule has 1 aromatic heterocycles. The van der Waals surface area contributed by atoms with E-state index in [9.17, 15) is 20.4 Å². The number of aliphatic hydroxyl groups excluding tert-OH is 4. The third-order valence-corrected chi connectivity index (χ3v) is 4.38. The summed E-state index contributed by atoms with van der Waals surface area (Å²) in [7, 11) is 0. The minimum atomic E-state index is -1.50. The Kier molecular flexibility index (Phi) is 4.76. The predicted octanol–water partition coefficient (Wildman–Crippen LogP) is 0.0140. The van der Waals surface area contributed by atoms with Crippen LogP contribution in [-0.4, -0.2) is 61.6 Å². The third-order valence-electron chi connectivity index (χ3n) is 3.69. The van der Waals surface area contributed by atoms with Gasteiger partial charge in [-0.15, -0.1) is 0 Å². The van der Waals surface area contributed by atoms with Crippen molar-refractivity contribution in [2.75, 3.05) is 6.61 Å². The number of halogens is 1. The van der Waals surface area contributed by atoms with E-state index < -0.39 is 37.1 Å². The molecule has 2 heterocycles. The highest BCUT2D eigenvalue weighted by Gasteiger charge is 2.46. The average molecular weight is 387 g/mol. The van der Waals surface area contributed by atoms with Gasteiger partial charge in [-0.3, -0.25) is 0 Å². The van der Waals surface area contributed by atoms with Crippen LogP contribution in [0.3, 0.4) is 0 Å². The van der Waals surface area contributed by atoms with Crippen molar-refractivity contribution in [2.45, 2.75) is 30.5 Å². The molecule has 5 atom stereocenters. The van der Waals surface area contributed by atoms with Crippen LogP contribution in [0.4, 0.5) is 0 Å². The SMILES string of the molecule is OC[C@H]1O[C@@H](c2nc(-c3ccccc3Br)no2)[C@H](O)[C@@H](O)[C@H]1O. The van der Waals surface area contributed by atoms with E-state index in [1.54, 1.807) is 6.07 Å². The smallest absolute Gasteiger partial charge is 0.258 e. The Bertz CT molecular complexity index is 679. The first-order valence-corrected chi connectivity index (χ1v) is 7.71. The molecule has 0 aliphatic carbocycles. The summed E-state index contributed by atoms with van der Waals surface area (Å²) in [6.07, 6.45) is -6.56. The number of ether oxygens (including phenoxy) is 1. The Morgan fingerprint density at radius 1 is 1.09 bits per heavy atom. The fourth-order valence-electron chi connectivity index (χ4n) is 2.41. The summed E-state index contributed by atoms with van der Waals surface area (Å²) >= 11 is 3.38. The summed E-state index contributed by atoms with van der Waals surface area (Å²) in [6, 6.07) is 7.25. The summed E-state index contributed by atoms with van der Waals surface area (Å²) in [6.45, 7) is -0.521. The standard InChI is InChI=1S/C14H15BrN2O6/c15-7-4-2-1-3-6(7)13-16-14(23-17-13)12-11(21)10(20)9(19)8(5-18)22-12/h1-4,8-12,18-21H,5H2/t8-,9+,10+,11-,12-/m1/s1. The average Bonchev–Trinajstić information content (AvgIpc) is 3.03. The highest BCUT2D eigenvalue weighted by atomic mass is 79.9. The molecule has 1 aromatic carbocycles. The van der Waals surface area contributed by atoms with Crippen LogP contribution in [0.15, 0.2) is 33.3 Å². The lowest BCUT2D eigenvalue weighted by Gasteiger charge is -2.38. The van der Waals surface area contributed by atoms with Gasteiger partial charge in [0.2, 0.25) is 5.82 Å². The highest BCUT2D eigenvalue weighted by molar-refractivity contribution is 9.10. The van der Waals surface area contributed by atoms with E-state index in [4.69, 9.17) is 9.26 Å². The Morgan fingerprint density at radius 3 is 2.52 bits per heavy atom. The second kappa shape index (κ2) is 6.63. The second-order valence-electron chi connectivity index (χ2n) is 5.19. The van der Waals surface area contributed by atoms with Crippen molar-refractivity contribution < 1.29 is 29.7 Å². The van der Waals surface area contributed by atoms with Gasteiger partial charge in [0, 0.05) is 10.0 Å². The molecule has 3 rings (SSSR count). The van der Waals surface area contributed by atoms with Crippen LogP contribution in [0.25, 0.3) is 11.4 Å². The quantitative estimate of drug-likeness (QED) is 0.580. The molecule has 4 N–H and O–H groups in total. The Labute approximate surface area is 139 Å². The maximum Gasteiger partial charge on any atom is 0.258 e. The zero-order chi connectivity index (χ0) is 16.6. The lowest BCUT2D eigenvalue weighted by molar-refractivity contribution is -0.237. The predicted molar refractivity (Wildman–Crippen MR) is 80.2 cm³/mol. The number of nitrogens with zero attached hydrogens (tertiary/aromatic N) is 2. The van der Waals surface area contributed by atoms with Crippen LogP contribution in [0, 0.1) is 0 Å². The largest absolute Gasteiger partial charge is 0.394 e. The van der Waals surface area contributed by atoms with Gasteiger partial charge in [0.25, 0.3) is 5.89 Å². The second-order valence-corrected chi connectivity index (χ2v) is 6.04. The number of rotatable bonds is 3. The molecule has 8 nitrogen and oxygen atoms in total. The summed E-state index contributed by atoms with van der Waals surface area (Å²) < 4.78 is 11.3. The minimum Gasteiger partial charge on any atom is -0.394 e. The zero-order valence-corrected chi connectivity index (χ0v) is 13.4. The summed E-state index contributed by atoms with van der Waals surface area (Å²) in [4.78, 5) is 4.18. The molecule has 0 spiro atoms. The van der Waals surface area contributed by atoms with Gasteiger partial charge in [-0.05, 0) is 12.1 Å². The van der Waals surface area contributed by atoms with Crippen LogP contribution in [0.2, 0.25) is 0 Å². The van der Waals surface area contributed by atoms with Crippen LogP contribution in [0.1, 0.15) is 12.0 Å². The number of aliphatic hydroxyl groups is 4. The van der Waals surface area contributed by atoms with Crippen molar-refractivity contribution in [3.05, 3.63) is 34.6 Å². The molecule has 0 unspecified atom stereocenters. The van der Waals surface area contributed by atoms with Gasteiger partial charge < -0.3 is 29.7 Å². The molecule has 0 radical (unpaired) electrons. The molecule has 0 bridgehead atoms. The van der Waals surface area contributed by atoms with E-state index in [0.717, 1.165) is 4.47 Å². The monoisotopic (exact) mass is 386 g/mol. The summed E-state index contributed by atoms with van der Waals surface area (Å²) in [5, 5.41) is 42.7. The molecule has 0 saturated carbocycles. The number of benzene rings is 1. The van der Waals surface area contributed by atoms with Crippen LogP contribution in [0.5, 0.6) is 0 Å². The first-order valence-electron chi connectivity index (χ1n) is 6.92. The van der Waals surface area contributed by atoms with Crippen molar-refractivity contribution in [3.8, 4) is 11.4 Å². The molecule has 1 fully saturated rings. The number of hydrogen-bond donors (Lipinski definition) is 4. The van der Waals surface area contributed by atoms with E-state index in [1.165, 1.54) is 0 Å². The van der Waals surface area contributed by atoms with Crippen LogP contribution >= 0.6 is 15.9 Å². The number of aromatic nitrogens is 2. The Morgan fingerprint density at radius 2 is 1.83 bits per heavy atom. The van der Waals surface area contributed by atoms with E-state index >= 15 is 0 Å². The highest BCUT2D eigenvalue weighted by Crippen LogP contribution is 2.33. The Balaban J connectivity index is 1.89. The fraction of sp³-hybridized carbons (Fsp3) is 0.429. The first-order chi connectivity index (χ1) is 11.0. The minimum absolute atomic E-state index is 0.0485. The molecule has 1 saturated heterocycles. The van der Waals surface area contributed by atoms with Gasteiger partial charge in [0.1, 0.15) is 24.4 Å². The van der Waals surface area contributed by atoms with Gasteiger partial charge in [-0.25, -0.2) is 0 Å². The topological polar surface area (TPSA) is 129 Å². The van der Waals surface area contributed by atoms with Crippen molar-refractivity contribution in [1.29, 1.82) is 0 Å². The lowest BCUT2D eigenvalue weighted by atomic mass is 9.95. The Hall–Kier alpha value is -1.36. The maximum absolute atomic E-state index is 10.1. The summed E-state index contributed by atoms with van der Waals surface area (Å²) in [5.41, 5.74) is 0.687. The van der Waals surface area contributed by atoms with Gasteiger partial charge in [0.05, 0.1) is 6.61 Å². The molecule has 2 aromatic rings. The lowest BCUT2D eigenvalue weighted by Crippen LogP contribution is -2.55. The summed E-state index contributed by atoms with van der Waals surface area (Å²) in [5.74, 6) is 0.233. The van der Waals surface area contributed by atoms with Crippen molar-refractivity contribution in [2.24, 2.45) is 0 Å². The van der Waals surface area contributed by atoms with E-state index in [1.807, 2.05) is 18.2 Å². The van der Waals surface area contributed by atoms with Crippen molar-refractivity contribution in [1.82, 2.24) is 10.1 Å². The molecule has 23 heavy (non-hydrogen) atoms. The number of hydrogen-bond acceptors (Lipinski definition) is 8. The molecule has 1 aliphatic rings. The van der Waals surface area contributed by atoms with Gasteiger partial charge >= 0.3 is 0 Å². The zero-order valence-electron chi connectivity index (χ0n) is 11.8. The van der Waals surface area contributed by atoms with Crippen LogP contribution in [-0.2, 0) is 4.74 Å².